The molecule has 0 fully saturated rings. The van der Waals surface area contributed by atoms with Gasteiger partial charge in [0.15, 0.2) is 0 Å². The van der Waals surface area contributed by atoms with Crippen LogP contribution in [0.2, 0.25) is 0 Å². The fourth-order valence-corrected chi connectivity index (χ4v) is 3.81. The van der Waals surface area contributed by atoms with Gasteiger partial charge >= 0.3 is 0 Å². The zero-order valence-electron chi connectivity index (χ0n) is 14.0. The van der Waals surface area contributed by atoms with Gasteiger partial charge in [-0.3, -0.25) is 4.79 Å². The van der Waals surface area contributed by atoms with Crippen LogP contribution in [0.5, 0.6) is 0 Å². The summed E-state index contributed by atoms with van der Waals surface area (Å²) >= 11 is 1.75. The van der Waals surface area contributed by atoms with E-state index in [0.717, 1.165) is 12.2 Å². The lowest BCUT2D eigenvalue weighted by molar-refractivity contribution is 0.0994. The number of fused-ring (bicyclic) bond motifs is 1. The first-order valence-corrected chi connectivity index (χ1v) is 9.16. The highest BCUT2D eigenvalue weighted by Gasteiger charge is 2.18. The van der Waals surface area contributed by atoms with Crippen LogP contribution in [0.25, 0.3) is 10.8 Å². The molecule has 0 aliphatic heterocycles. The lowest BCUT2D eigenvalue weighted by atomic mass is 10.1. The molecular weight excluding hydrogens is 334 g/mol. The minimum atomic E-state index is -0.561. The molecule has 130 valence electrons. The lowest BCUT2D eigenvalue weighted by Crippen LogP contribution is -2.21. The van der Waals surface area contributed by atoms with E-state index in [1.807, 2.05) is 12.1 Å². The largest absolute Gasteiger partial charge is 0.391 e. The quantitative estimate of drug-likeness (QED) is 0.638. The molecule has 0 saturated carbocycles. The number of nitrogens with zero attached hydrogens (tertiary/aromatic N) is 2. The normalized spacial score (nSPS) is 13.7. The van der Waals surface area contributed by atoms with Gasteiger partial charge in [0.2, 0.25) is 0 Å². The number of aliphatic hydroxyl groups is 1. The molecule has 25 heavy (non-hydrogen) atoms. The molecule has 2 atom stereocenters. The van der Waals surface area contributed by atoms with Crippen LogP contribution in [0.3, 0.4) is 0 Å². The molecule has 0 aliphatic carbocycles. The minimum absolute atomic E-state index is 0.145. The van der Waals surface area contributed by atoms with Crippen molar-refractivity contribution in [2.24, 2.45) is 5.73 Å². The number of hydrogen-bond donors (Lipinski definition) is 2. The Kier molecular flexibility index (Phi) is 5.40. The summed E-state index contributed by atoms with van der Waals surface area (Å²) in [5, 5.41) is 12.5. The third kappa shape index (κ3) is 4.21. The van der Waals surface area contributed by atoms with Crippen LogP contribution < -0.4 is 5.73 Å². The van der Waals surface area contributed by atoms with Crippen LogP contribution in [0.4, 0.5) is 0 Å². The van der Waals surface area contributed by atoms with E-state index in [0.29, 0.717) is 0 Å². The van der Waals surface area contributed by atoms with Crippen molar-refractivity contribution in [3.05, 3.63) is 60.7 Å². The number of thioether (sulfide) groups is 1. The number of primary amides is 1. The lowest BCUT2D eigenvalue weighted by Gasteiger charge is -2.21. The summed E-state index contributed by atoms with van der Waals surface area (Å²) in [7, 11) is 0. The summed E-state index contributed by atoms with van der Waals surface area (Å²) in [6.07, 6.45) is 3.36. The van der Waals surface area contributed by atoms with Crippen molar-refractivity contribution >= 4 is 28.4 Å². The molecule has 2 aromatic carbocycles. The van der Waals surface area contributed by atoms with Crippen molar-refractivity contribution in [2.45, 2.75) is 30.4 Å². The number of rotatable bonds is 7. The Balaban J connectivity index is 1.65. The van der Waals surface area contributed by atoms with E-state index < -0.39 is 12.0 Å². The van der Waals surface area contributed by atoms with Gasteiger partial charge < -0.3 is 15.4 Å². The van der Waals surface area contributed by atoms with E-state index in [1.165, 1.54) is 15.7 Å². The fourth-order valence-electron chi connectivity index (χ4n) is 2.84. The molecule has 1 heterocycles. The van der Waals surface area contributed by atoms with Crippen molar-refractivity contribution in [1.29, 1.82) is 0 Å². The number of aliphatic hydroxyl groups excluding tert-OH is 1. The Morgan fingerprint density at radius 2 is 2.04 bits per heavy atom. The van der Waals surface area contributed by atoms with E-state index in [4.69, 9.17) is 5.73 Å². The summed E-state index contributed by atoms with van der Waals surface area (Å²) in [5.74, 6) is 0.284. The molecule has 1 aromatic heterocycles. The van der Waals surface area contributed by atoms with E-state index in [2.05, 4.69) is 35.3 Å². The predicted molar refractivity (Wildman–Crippen MR) is 101 cm³/mol. The second-order valence-electron chi connectivity index (χ2n) is 6.02. The maximum atomic E-state index is 11.2. The van der Waals surface area contributed by atoms with Gasteiger partial charge in [-0.15, -0.1) is 11.8 Å². The summed E-state index contributed by atoms with van der Waals surface area (Å²) < 4.78 is 1.77. The topological polar surface area (TPSA) is 81.1 Å². The molecule has 5 nitrogen and oxygen atoms in total. The molecule has 0 spiro atoms. The highest BCUT2D eigenvalue weighted by Crippen LogP contribution is 2.27. The Labute approximate surface area is 150 Å². The molecule has 1 amide bonds. The Morgan fingerprint density at radius 1 is 1.28 bits per heavy atom. The number of aromatic nitrogens is 2. The van der Waals surface area contributed by atoms with Crippen molar-refractivity contribution in [2.75, 3.05) is 5.75 Å². The number of carbonyl (C=O) groups excluding carboxylic acids is 1. The van der Waals surface area contributed by atoms with Gasteiger partial charge in [0.1, 0.15) is 5.69 Å². The number of nitrogens with two attached hydrogens (primary N) is 1. The fraction of sp³-hybridized carbons (Fsp3) is 0.263. The third-order valence-corrected chi connectivity index (χ3v) is 5.22. The van der Waals surface area contributed by atoms with Gasteiger partial charge in [0.05, 0.1) is 18.5 Å². The van der Waals surface area contributed by atoms with Gasteiger partial charge in [0.25, 0.3) is 5.91 Å². The Hall–Kier alpha value is -2.31. The predicted octanol–water partition coefficient (Wildman–Crippen LogP) is 3.24. The summed E-state index contributed by atoms with van der Waals surface area (Å²) in [5.41, 5.74) is 5.46. The van der Waals surface area contributed by atoms with Crippen LogP contribution in [-0.2, 0) is 0 Å². The van der Waals surface area contributed by atoms with Crippen molar-refractivity contribution in [1.82, 2.24) is 9.55 Å². The third-order valence-electron chi connectivity index (χ3n) is 4.20. The molecule has 3 N–H and O–H groups in total. The van der Waals surface area contributed by atoms with Gasteiger partial charge in [-0.2, -0.15) is 0 Å². The number of carbonyl (C=O) groups is 1. The first-order valence-electron chi connectivity index (χ1n) is 8.17. The highest BCUT2D eigenvalue weighted by atomic mass is 32.2. The van der Waals surface area contributed by atoms with Gasteiger partial charge in [-0.05, 0) is 36.2 Å². The number of benzene rings is 2. The van der Waals surface area contributed by atoms with E-state index >= 15 is 0 Å². The second kappa shape index (κ2) is 7.72. The minimum Gasteiger partial charge on any atom is -0.391 e. The number of hydrogen-bond acceptors (Lipinski definition) is 4. The van der Waals surface area contributed by atoms with E-state index in [1.54, 1.807) is 35.8 Å². The van der Waals surface area contributed by atoms with E-state index in [9.17, 15) is 9.90 Å². The van der Waals surface area contributed by atoms with Crippen LogP contribution in [0.15, 0.2) is 59.9 Å². The first kappa shape index (κ1) is 17.5. The Morgan fingerprint density at radius 3 is 2.72 bits per heavy atom. The molecular formula is C19H21N3O2S. The zero-order valence-corrected chi connectivity index (χ0v) is 14.8. The van der Waals surface area contributed by atoms with Crippen molar-refractivity contribution < 1.29 is 9.90 Å². The molecule has 0 saturated heterocycles. The molecule has 0 bridgehead atoms. The summed E-state index contributed by atoms with van der Waals surface area (Å²) in [6.45, 7) is 1.75. The molecule has 6 heteroatoms. The van der Waals surface area contributed by atoms with Gasteiger partial charge in [-0.1, -0.05) is 30.3 Å². The monoisotopic (exact) mass is 355 g/mol. The van der Waals surface area contributed by atoms with Gasteiger partial charge in [0, 0.05) is 16.8 Å². The maximum absolute atomic E-state index is 11.2. The van der Waals surface area contributed by atoms with Gasteiger partial charge in [-0.25, -0.2) is 4.98 Å². The average Bonchev–Trinajstić information content (AvgIpc) is 3.08. The average molecular weight is 355 g/mol. The number of imidazole rings is 1. The van der Waals surface area contributed by atoms with Crippen molar-refractivity contribution in [3.8, 4) is 0 Å². The zero-order chi connectivity index (χ0) is 17.8. The molecule has 0 radical (unpaired) electrons. The first-order chi connectivity index (χ1) is 12.0. The Bertz CT molecular complexity index is 876. The second-order valence-corrected chi connectivity index (χ2v) is 7.19. The van der Waals surface area contributed by atoms with Crippen LogP contribution in [0.1, 0.15) is 29.9 Å². The van der Waals surface area contributed by atoms with Crippen LogP contribution in [-0.4, -0.2) is 32.4 Å². The molecule has 3 rings (SSSR count). The summed E-state index contributed by atoms with van der Waals surface area (Å²) in [4.78, 5) is 16.4. The van der Waals surface area contributed by atoms with Crippen LogP contribution >= 0.6 is 11.8 Å². The number of amides is 1. The molecule has 2 unspecified atom stereocenters. The van der Waals surface area contributed by atoms with Crippen LogP contribution in [0, 0.1) is 0 Å². The van der Waals surface area contributed by atoms with E-state index in [-0.39, 0.29) is 11.7 Å². The molecule has 3 aromatic rings. The van der Waals surface area contributed by atoms with Crippen molar-refractivity contribution in [3.63, 3.8) is 0 Å². The standard InChI is InChI=1S/C19H21N3O2S/c1-13(23)18(22-11-17(19(20)24)21-12-22)8-9-25-16-7-6-14-4-2-3-5-15(14)10-16/h2-7,10-13,18,23H,8-9H2,1H3,(H2,20,24). The SMILES string of the molecule is CC(O)C(CCSc1ccc2ccccc2c1)n1cnc(C(N)=O)c1. The highest BCUT2D eigenvalue weighted by molar-refractivity contribution is 7.99. The summed E-state index contributed by atoms with van der Waals surface area (Å²) in [6, 6.07) is 14.6. The maximum Gasteiger partial charge on any atom is 0.268 e. The smallest absolute Gasteiger partial charge is 0.268 e. The molecule has 0 aliphatic rings.